The number of benzene rings is 3. The molecule has 166 valence electrons. The van der Waals surface area contributed by atoms with E-state index in [0.717, 1.165) is 10.5 Å². The van der Waals surface area contributed by atoms with Crippen molar-refractivity contribution in [2.24, 2.45) is 0 Å². The van der Waals surface area contributed by atoms with Gasteiger partial charge in [-0.15, -0.1) is 0 Å². The van der Waals surface area contributed by atoms with E-state index in [9.17, 15) is 19.2 Å². The lowest BCUT2D eigenvalue weighted by Crippen LogP contribution is -2.29. The molecule has 4 rings (SSSR count). The van der Waals surface area contributed by atoms with E-state index in [1.165, 1.54) is 31.2 Å². The molecule has 0 aromatic heterocycles. The van der Waals surface area contributed by atoms with Crippen molar-refractivity contribution in [3.05, 3.63) is 98.5 Å². The van der Waals surface area contributed by atoms with Crippen molar-refractivity contribution < 1.29 is 23.9 Å². The van der Waals surface area contributed by atoms with Crippen LogP contribution < -0.4 is 4.90 Å². The first kappa shape index (κ1) is 22.7. The van der Waals surface area contributed by atoms with Crippen LogP contribution in [0.2, 0.25) is 10.0 Å². The molecule has 33 heavy (non-hydrogen) atoms. The number of halogens is 2. The van der Waals surface area contributed by atoms with Gasteiger partial charge in [-0.2, -0.15) is 0 Å². The number of aryl methyl sites for hydroxylation is 1. The van der Waals surface area contributed by atoms with Crippen molar-refractivity contribution in [1.82, 2.24) is 0 Å². The second-order valence-electron chi connectivity index (χ2n) is 7.56. The van der Waals surface area contributed by atoms with E-state index in [1.807, 2.05) is 6.92 Å². The number of rotatable bonds is 5. The summed E-state index contributed by atoms with van der Waals surface area (Å²) in [5.74, 6) is -2.36. The maximum absolute atomic E-state index is 13.0. The van der Waals surface area contributed by atoms with Crippen LogP contribution in [0.25, 0.3) is 0 Å². The Morgan fingerprint density at radius 3 is 2.21 bits per heavy atom. The van der Waals surface area contributed by atoms with Crippen molar-refractivity contribution in [3.8, 4) is 0 Å². The lowest BCUT2D eigenvalue weighted by atomic mass is 10.0. The lowest BCUT2D eigenvalue weighted by molar-refractivity contribution is 0.0318. The second-order valence-corrected chi connectivity index (χ2v) is 8.34. The zero-order chi connectivity index (χ0) is 23.9. The molecule has 0 spiro atoms. The minimum absolute atomic E-state index is 0.0306. The molecule has 0 unspecified atom stereocenters. The SMILES string of the molecule is Cc1ccc(C(=O)[C@@H](C)OC(=O)c2ccc3c(c2)C(=O)N(c2cccc(Cl)c2Cl)C3=O)cc1. The molecule has 2 amide bonds. The Hall–Kier alpha value is -3.48. The maximum Gasteiger partial charge on any atom is 0.338 e. The van der Waals surface area contributed by atoms with Crippen LogP contribution in [0.3, 0.4) is 0 Å². The van der Waals surface area contributed by atoms with Crippen molar-refractivity contribution in [2.45, 2.75) is 20.0 Å². The highest BCUT2D eigenvalue weighted by Gasteiger charge is 2.38. The average Bonchev–Trinajstić information content (AvgIpc) is 3.05. The summed E-state index contributed by atoms with van der Waals surface area (Å²) in [4.78, 5) is 52.0. The number of carbonyl (C=O) groups excluding carboxylic acids is 4. The number of Topliss-reactive ketones (excluding diaryl/α,β-unsaturated/α-hetero) is 1. The molecule has 3 aromatic rings. The minimum atomic E-state index is -1.03. The summed E-state index contributed by atoms with van der Waals surface area (Å²) in [7, 11) is 0. The highest BCUT2D eigenvalue weighted by atomic mass is 35.5. The van der Waals surface area contributed by atoms with E-state index >= 15 is 0 Å². The van der Waals surface area contributed by atoms with Crippen molar-refractivity contribution in [2.75, 3.05) is 4.90 Å². The molecule has 0 saturated heterocycles. The topological polar surface area (TPSA) is 80.8 Å². The van der Waals surface area contributed by atoms with Gasteiger partial charge in [-0.3, -0.25) is 14.4 Å². The van der Waals surface area contributed by atoms with Crippen LogP contribution in [0.1, 0.15) is 53.9 Å². The van der Waals surface area contributed by atoms with E-state index in [0.29, 0.717) is 5.56 Å². The Morgan fingerprint density at radius 2 is 1.52 bits per heavy atom. The number of amides is 2. The maximum atomic E-state index is 13.0. The van der Waals surface area contributed by atoms with Gasteiger partial charge in [0, 0.05) is 5.56 Å². The van der Waals surface area contributed by atoms with Gasteiger partial charge >= 0.3 is 5.97 Å². The Labute approximate surface area is 199 Å². The number of carbonyl (C=O) groups is 4. The predicted molar refractivity (Wildman–Crippen MR) is 124 cm³/mol. The summed E-state index contributed by atoms with van der Waals surface area (Å²) in [5.41, 5.74) is 1.76. The summed E-state index contributed by atoms with van der Waals surface area (Å²) < 4.78 is 5.31. The summed E-state index contributed by atoms with van der Waals surface area (Å²) in [6.07, 6.45) is -1.03. The molecule has 0 radical (unpaired) electrons. The zero-order valence-corrected chi connectivity index (χ0v) is 19.1. The number of fused-ring (bicyclic) bond motifs is 1. The van der Waals surface area contributed by atoms with Crippen LogP contribution in [-0.4, -0.2) is 29.7 Å². The monoisotopic (exact) mass is 481 g/mol. The van der Waals surface area contributed by atoms with Gasteiger partial charge in [-0.25, -0.2) is 9.69 Å². The number of imide groups is 1. The van der Waals surface area contributed by atoms with Crippen molar-refractivity contribution >= 4 is 52.5 Å². The molecule has 0 saturated carbocycles. The lowest BCUT2D eigenvalue weighted by Gasteiger charge is -2.15. The van der Waals surface area contributed by atoms with E-state index in [4.69, 9.17) is 27.9 Å². The van der Waals surface area contributed by atoms with E-state index in [1.54, 1.807) is 36.4 Å². The number of ether oxygens (including phenoxy) is 1. The number of hydrogen-bond acceptors (Lipinski definition) is 5. The van der Waals surface area contributed by atoms with Gasteiger partial charge in [0.2, 0.25) is 5.78 Å². The fourth-order valence-corrected chi connectivity index (χ4v) is 3.87. The molecule has 1 atom stereocenters. The Kier molecular flexibility index (Phi) is 6.06. The molecule has 0 bridgehead atoms. The molecule has 1 aliphatic heterocycles. The molecule has 1 aliphatic rings. The average molecular weight is 482 g/mol. The van der Waals surface area contributed by atoms with Crippen LogP contribution in [0.15, 0.2) is 60.7 Å². The van der Waals surface area contributed by atoms with Crippen molar-refractivity contribution in [1.29, 1.82) is 0 Å². The van der Waals surface area contributed by atoms with Gasteiger partial charge < -0.3 is 4.74 Å². The minimum Gasteiger partial charge on any atom is -0.451 e. The van der Waals surface area contributed by atoms with Crippen LogP contribution in [0.4, 0.5) is 5.69 Å². The standard InChI is InChI=1S/C25H17Cl2NO5/c1-13-6-8-15(9-7-13)22(29)14(2)33-25(32)16-10-11-17-18(12-16)24(31)28(23(17)30)20-5-3-4-19(26)21(20)27/h3-12,14H,1-2H3/t14-/m1/s1. The quantitative estimate of drug-likeness (QED) is 0.271. The molecule has 3 aromatic carbocycles. The first-order valence-electron chi connectivity index (χ1n) is 9.97. The number of esters is 1. The van der Waals surface area contributed by atoms with Gasteiger partial charge in [-0.1, -0.05) is 59.1 Å². The summed E-state index contributed by atoms with van der Waals surface area (Å²) in [5, 5.41) is 0.263. The summed E-state index contributed by atoms with van der Waals surface area (Å²) >= 11 is 12.2. The van der Waals surface area contributed by atoms with Gasteiger partial charge in [0.1, 0.15) is 0 Å². The molecular weight excluding hydrogens is 465 g/mol. The fraction of sp³-hybridized carbons (Fsp3) is 0.120. The number of hydrogen-bond donors (Lipinski definition) is 0. The molecule has 6 nitrogen and oxygen atoms in total. The fourth-order valence-electron chi connectivity index (χ4n) is 3.49. The van der Waals surface area contributed by atoms with Crippen LogP contribution in [0.5, 0.6) is 0 Å². The first-order chi connectivity index (χ1) is 15.7. The molecule has 1 heterocycles. The Bertz CT molecular complexity index is 1320. The molecule has 0 aliphatic carbocycles. The second kappa shape index (κ2) is 8.81. The smallest absolute Gasteiger partial charge is 0.338 e. The Balaban J connectivity index is 1.56. The van der Waals surface area contributed by atoms with E-state index in [2.05, 4.69) is 0 Å². The highest BCUT2D eigenvalue weighted by Crippen LogP contribution is 2.37. The molecule has 0 fully saturated rings. The third-order valence-corrected chi connectivity index (χ3v) is 6.09. The van der Waals surface area contributed by atoms with Crippen LogP contribution >= 0.6 is 23.2 Å². The zero-order valence-electron chi connectivity index (χ0n) is 17.6. The van der Waals surface area contributed by atoms with E-state index in [-0.39, 0.29) is 38.2 Å². The largest absolute Gasteiger partial charge is 0.451 e. The highest BCUT2D eigenvalue weighted by molar-refractivity contribution is 6.46. The van der Waals surface area contributed by atoms with Crippen LogP contribution in [-0.2, 0) is 4.74 Å². The van der Waals surface area contributed by atoms with Gasteiger partial charge in [0.25, 0.3) is 11.8 Å². The normalized spacial score (nSPS) is 13.6. The Morgan fingerprint density at radius 1 is 0.879 bits per heavy atom. The molecular formula is C25H17Cl2NO5. The summed E-state index contributed by atoms with van der Waals surface area (Å²) in [6.45, 7) is 3.38. The number of ketones is 1. The first-order valence-corrected chi connectivity index (χ1v) is 10.7. The summed E-state index contributed by atoms with van der Waals surface area (Å²) in [6, 6.07) is 15.6. The number of nitrogens with zero attached hydrogens (tertiary/aromatic N) is 1. The third-order valence-electron chi connectivity index (χ3n) is 5.28. The van der Waals surface area contributed by atoms with Crippen LogP contribution in [0, 0.1) is 6.92 Å². The molecule has 0 N–H and O–H groups in total. The molecule has 8 heteroatoms. The van der Waals surface area contributed by atoms with E-state index < -0.39 is 23.9 Å². The van der Waals surface area contributed by atoms with Gasteiger partial charge in [-0.05, 0) is 44.2 Å². The van der Waals surface area contributed by atoms with Crippen molar-refractivity contribution in [3.63, 3.8) is 0 Å². The predicted octanol–water partition coefficient (Wildman–Crippen LogP) is 5.53. The number of anilines is 1. The third kappa shape index (κ3) is 4.15. The van der Waals surface area contributed by atoms with Gasteiger partial charge in [0.15, 0.2) is 6.10 Å². The van der Waals surface area contributed by atoms with Gasteiger partial charge in [0.05, 0.1) is 32.4 Å².